The highest BCUT2D eigenvalue weighted by Gasteiger charge is 2.66. The predicted molar refractivity (Wildman–Crippen MR) is 64.1 cm³/mol. The first-order valence-corrected chi connectivity index (χ1v) is 5.98. The second-order valence-corrected chi connectivity index (χ2v) is 5.15. The standard InChI is InChI=1S/C11H11N5O3/c12-10-14-7-6(8(17)15-10)16(4-13-7)3-11-1-5(11)2-19-9(11)18/h4-5H,1-3H2,(H3,12,14,15,17)/t5-,11+/m0/s1. The number of nitrogens with zero attached hydrogens (tertiary/aromatic N) is 3. The highest BCUT2D eigenvalue weighted by Crippen LogP contribution is 2.58. The summed E-state index contributed by atoms with van der Waals surface area (Å²) in [7, 11) is 0. The molecule has 2 fully saturated rings. The number of aromatic nitrogens is 4. The normalized spacial score (nSPS) is 28.4. The number of carbonyl (C=O) groups is 1. The topological polar surface area (TPSA) is 116 Å². The van der Waals surface area contributed by atoms with E-state index in [2.05, 4.69) is 15.0 Å². The quantitative estimate of drug-likeness (QED) is 0.688. The number of ether oxygens (including phenoxy) is 1. The smallest absolute Gasteiger partial charge is 0.314 e. The molecule has 1 aliphatic carbocycles. The van der Waals surface area contributed by atoms with Crippen molar-refractivity contribution in [1.82, 2.24) is 19.5 Å². The van der Waals surface area contributed by atoms with Crippen LogP contribution in [-0.4, -0.2) is 32.1 Å². The third-order valence-electron chi connectivity index (χ3n) is 4.01. The van der Waals surface area contributed by atoms with Crippen LogP contribution >= 0.6 is 0 Å². The Morgan fingerprint density at radius 1 is 1.58 bits per heavy atom. The van der Waals surface area contributed by atoms with Crippen molar-refractivity contribution >= 4 is 23.1 Å². The number of nitrogens with one attached hydrogen (secondary N) is 1. The van der Waals surface area contributed by atoms with Gasteiger partial charge in [-0.1, -0.05) is 0 Å². The van der Waals surface area contributed by atoms with Crippen LogP contribution in [-0.2, 0) is 16.1 Å². The SMILES string of the molecule is Nc1nc2ncn(C[C@]34C[C@H]3COC4=O)c2c(=O)[nH]1. The zero-order valence-electron chi connectivity index (χ0n) is 9.92. The average Bonchev–Trinajstić information content (AvgIpc) is 2.78. The number of hydrogen-bond acceptors (Lipinski definition) is 6. The fourth-order valence-corrected chi connectivity index (χ4v) is 2.85. The number of hydrogen-bond donors (Lipinski definition) is 2. The average molecular weight is 261 g/mol. The van der Waals surface area contributed by atoms with Gasteiger partial charge in [0.15, 0.2) is 11.2 Å². The maximum atomic E-state index is 11.9. The van der Waals surface area contributed by atoms with Crippen LogP contribution in [0.1, 0.15) is 6.42 Å². The Balaban J connectivity index is 1.81. The van der Waals surface area contributed by atoms with Gasteiger partial charge in [-0.05, 0) is 6.42 Å². The number of nitrogens with two attached hydrogens (primary N) is 1. The highest BCUT2D eigenvalue weighted by molar-refractivity contribution is 5.83. The van der Waals surface area contributed by atoms with E-state index in [0.717, 1.165) is 6.42 Å². The summed E-state index contributed by atoms with van der Waals surface area (Å²) in [6.07, 6.45) is 2.33. The van der Waals surface area contributed by atoms with Crippen LogP contribution in [0.5, 0.6) is 0 Å². The molecule has 0 unspecified atom stereocenters. The molecule has 8 nitrogen and oxygen atoms in total. The lowest BCUT2D eigenvalue weighted by atomic mass is 10.1. The van der Waals surface area contributed by atoms with Gasteiger partial charge in [-0.3, -0.25) is 14.6 Å². The Morgan fingerprint density at radius 3 is 3.11 bits per heavy atom. The summed E-state index contributed by atoms with van der Waals surface area (Å²) in [6.45, 7) is 0.884. The molecule has 3 N–H and O–H groups in total. The summed E-state index contributed by atoms with van der Waals surface area (Å²) in [5.74, 6) is 0.114. The van der Waals surface area contributed by atoms with Crippen molar-refractivity contribution in [2.45, 2.75) is 13.0 Å². The molecule has 19 heavy (non-hydrogen) atoms. The summed E-state index contributed by atoms with van der Waals surface area (Å²) in [4.78, 5) is 34.1. The number of aromatic amines is 1. The molecule has 0 spiro atoms. The molecule has 3 heterocycles. The summed E-state index contributed by atoms with van der Waals surface area (Å²) >= 11 is 0. The Morgan fingerprint density at radius 2 is 2.42 bits per heavy atom. The Labute approximate surface area is 106 Å². The van der Waals surface area contributed by atoms with E-state index in [1.807, 2.05) is 0 Å². The largest absolute Gasteiger partial charge is 0.465 e. The maximum absolute atomic E-state index is 11.9. The molecule has 8 heteroatoms. The van der Waals surface area contributed by atoms with Crippen molar-refractivity contribution in [1.29, 1.82) is 0 Å². The number of nitrogen functional groups attached to an aromatic ring is 1. The third-order valence-corrected chi connectivity index (χ3v) is 4.01. The van der Waals surface area contributed by atoms with Gasteiger partial charge in [0.2, 0.25) is 5.95 Å². The minimum Gasteiger partial charge on any atom is -0.465 e. The first-order chi connectivity index (χ1) is 9.10. The minimum atomic E-state index is -0.471. The summed E-state index contributed by atoms with van der Waals surface area (Å²) in [5, 5.41) is 0. The Bertz CT molecular complexity index is 763. The van der Waals surface area contributed by atoms with Gasteiger partial charge in [0.05, 0.1) is 18.3 Å². The first-order valence-electron chi connectivity index (χ1n) is 5.98. The zero-order valence-corrected chi connectivity index (χ0v) is 9.92. The predicted octanol–water partition coefficient (Wildman–Crippen LogP) is -0.735. The third kappa shape index (κ3) is 1.28. The van der Waals surface area contributed by atoms with Crippen LogP contribution in [0.3, 0.4) is 0 Å². The van der Waals surface area contributed by atoms with Crippen LogP contribution in [0.4, 0.5) is 5.95 Å². The molecular formula is C11H11N5O3. The van der Waals surface area contributed by atoms with Crippen molar-refractivity contribution in [2.24, 2.45) is 11.3 Å². The zero-order chi connectivity index (χ0) is 13.2. The van der Waals surface area contributed by atoms with Crippen molar-refractivity contribution in [2.75, 3.05) is 12.3 Å². The fraction of sp³-hybridized carbons (Fsp3) is 0.455. The van der Waals surface area contributed by atoms with Crippen molar-refractivity contribution in [3.63, 3.8) is 0 Å². The van der Waals surface area contributed by atoms with E-state index >= 15 is 0 Å². The lowest BCUT2D eigenvalue weighted by Gasteiger charge is -2.10. The number of fused-ring (bicyclic) bond motifs is 2. The number of esters is 1. The van der Waals surface area contributed by atoms with Gasteiger partial charge in [-0.2, -0.15) is 4.98 Å². The summed E-state index contributed by atoms with van der Waals surface area (Å²) < 4.78 is 6.69. The Hall–Kier alpha value is -2.38. The monoisotopic (exact) mass is 261 g/mol. The van der Waals surface area contributed by atoms with E-state index in [1.54, 1.807) is 4.57 Å². The van der Waals surface area contributed by atoms with Crippen molar-refractivity contribution in [3.05, 3.63) is 16.7 Å². The summed E-state index contributed by atoms with van der Waals surface area (Å²) in [6, 6.07) is 0. The van der Waals surface area contributed by atoms with Crippen LogP contribution in [0.2, 0.25) is 0 Å². The number of carbonyl (C=O) groups excluding carboxylic acids is 1. The second kappa shape index (κ2) is 3.14. The van der Waals surface area contributed by atoms with Crippen molar-refractivity contribution < 1.29 is 9.53 Å². The van der Waals surface area contributed by atoms with E-state index in [0.29, 0.717) is 24.3 Å². The number of cyclic esters (lactones) is 1. The lowest BCUT2D eigenvalue weighted by Crippen LogP contribution is -2.22. The number of imidazole rings is 1. The van der Waals surface area contributed by atoms with Gasteiger partial charge in [-0.15, -0.1) is 0 Å². The Kier molecular flexibility index (Phi) is 1.74. The molecule has 2 aromatic rings. The van der Waals surface area contributed by atoms with Crippen molar-refractivity contribution in [3.8, 4) is 0 Å². The van der Waals surface area contributed by atoms with E-state index in [-0.39, 0.29) is 23.4 Å². The molecule has 98 valence electrons. The molecular weight excluding hydrogens is 250 g/mol. The number of H-pyrrole nitrogens is 1. The van der Waals surface area contributed by atoms with E-state index in [4.69, 9.17) is 10.5 Å². The maximum Gasteiger partial charge on any atom is 0.314 e. The molecule has 1 saturated carbocycles. The molecule has 1 aliphatic heterocycles. The fourth-order valence-electron chi connectivity index (χ4n) is 2.85. The van der Waals surface area contributed by atoms with E-state index < -0.39 is 5.41 Å². The first kappa shape index (κ1) is 10.5. The van der Waals surface area contributed by atoms with Crippen LogP contribution in [0, 0.1) is 11.3 Å². The van der Waals surface area contributed by atoms with Gasteiger partial charge in [0.1, 0.15) is 0 Å². The molecule has 2 aromatic heterocycles. The molecule has 0 amide bonds. The van der Waals surface area contributed by atoms with Crippen LogP contribution in [0.15, 0.2) is 11.1 Å². The molecule has 4 rings (SSSR count). The van der Waals surface area contributed by atoms with Crippen LogP contribution < -0.4 is 11.3 Å². The number of anilines is 1. The molecule has 2 aliphatic rings. The van der Waals surface area contributed by atoms with Gasteiger partial charge >= 0.3 is 5.97 Å². The molecule has 0 bridgehead atoms. The lowest BCUT2D eigenvalue weighted by molar-refractivity contribution is -0.145. The molecule has 1 saturated heterocycles. The summed E-state index contributed by atoms with van der Waals surface area (Å²) in [5.41, 5.74) is 5.28. The second-order valence-electron chi connectivity index (χ2n) is 5.15. The minimum absolute atomic E-state index is 0.0329. The van der Waals surface area contributed by atoms with Gasteiger partial charge in [0.25, 0.3) is 5.56 Å². The highest BCUT2D eigenvalue weighted by atomic mass is 16.5. The van der Waals surface area contributed by atoms with E-state index in [9.17, 15) is 9.59 Å². The van der Waals surface area contributed by atoms with E-state index in [1.165, 1.54) is 6.33 Å². The van der Waals surface area contributed by atoms with Gasteiger partial charge in [0, 0.05) is 12.5 Å². The number of rotatable bonds is 2. The molecule has 2 atom stereocenters. The van der Waals surface area contributed by atoms with Gasteiger partial charge < -0.3 is 15.0 Å². The van der Waals surface area contributed by atoms with Crippen LogP contribution in [0.25, 0.3) is 11.2 Å². The molecule has 0 radical (unpaired) electrons. The molecule has 0 aromatic carbocycles. The van der Waals surface area contributed by atoms with Gasteiger partial charge in [-0.25, -0.2) is 4.98 Å².